The summed E-state index contributed by atoms with van der Waals surface area (Å²) in [6.07, 6.45) is 3.81. The average Bonchev–Trinajstić information content (AvgIpc) is 2.38. The van der Waals surface area contributed by atoms with Gasteiger partial charge in [-0.1, -0.05) is 18.2 Å². The second kappa shape index (κ2) is 4.79. The van der Waals surface area contributed by atoms with E-state index in [1.807, 2.05) is 0 Å². The van der Waals surface area contributed by atoms with Crippen LogP contribution < -0.4 is 10.6 Å². The molecule has 2 heterocycles. The molecule has 1 fully saturated rings. The van der Waals surface area contributed by atoms with Crippen molar-refractivity contribution in [2.75, 3.05) is 13.1 Å². The molecule has 1 aromatic rings. The van der Waals surface area contributed by atoms with Gasteiger partial charge in [0.1, 0.15) is 0 Å². The number of hydrogen-bond acceptors (Lipinski definition) is 2. The van der Waals surface area contributed by atoms with E-state index >= 15 is 0 Å². The molecule has 2 aliphatic rings. The predicted molar refractivity (Wildman–Crippen MR) is 71.3 cm³/mol. The zero-order chi connectivity index (χ0) is 11.7. The first-order valence-electron chi connectivity index (χ1n) is 6.89. The maximum absolute atomic E-state index is 3.55. The smallest absolute Gasteiger partial charge is 0.0208 e. The lowest BCUT2D eigenvalue weighted by molar-refractivity contribution is 0.379. The minimum atomic E-state index is 0.673. The molecule has 1 saturated heterocycles. The summed E-state index contributed by atoms with van der Waals surface area (Å²) in [7, 11) is 0. The van der Waals surface area contributed by atoms with Crippen molar-refractivity contribution in [1.82, 2.24) is 10.6 Å². The molecule has 0 aromatic heterocycles. The summed E-state index contributed by atoms with van der Waals surface area (Å²) in [4.78, 5) is 0. The van der Waals surface area contributed by atoms with Gasteiger partial charge < -0.3 is 10.6 Å². The second-order valence-corrected chi connectivity index (χ2v) is 5.49. The highest BCUT2D eigenvalue weighted by molar-refractivity contribution is 5.39. The van der Waals surface area contributed by atoms with Crippen LogP contribution in [0.1, 0.15) is 42.4 Å². The molecule has 0 aliphatic carbocycles. The molecule has 2 N–H and O–H groups in total. The van der Waals surface area contributed by atoms with Crippen molar-refractivity contribution in [3.05, 3.63) is 34.9 Å². The molecule has 2 nitrogen and oxygen atoms in total. The molecule has 1 aromatic carbocycles. The maximum atomic E-state index is 3.55. The molecule has 0 radical (unpaired) electrons. The molecule has 17 heavy (non-hydrogen) atoms. The van der Waals surface area contributed by atoms with E-state index in [1.54, 1.807) is 11.1 Å². The van der Waals surface area contributed by atoms with Crippen LogP contribution in [-0.4, -0.2) is 19.1 Å². The lowest BCUT2D eigenvalue weighted by atomic mass is 9.81. The lowest BCUT2D eigenvalue weighted by Crippen LogP contribution is -2.35. The highest BCUT2D eigenvalue weighted by Crippen LogP contribution is 2.32. The van der Waals surface area contributed by atoms with Gasteiger partial charge in [-0.05, 0) is 61.9 Å². The normalized spacial score (nSPS) is 28.8. The fraction of sp³-hybridized carbons (Fsp3) is 0.600. The predicted octanol–water partition coefficient (Wildman–Crippen LogP) is 2.19. The van der Waals surface area contributed by atoms with Gasteiger partial charge in [-0.25, -0.2) is 0 Å². The highest BCUT2D eigenvalue weighted by atomic mass is 14.9. The Morgan fingerprint density at radius 2 is 2.18 bits per heavy atom. The van der Waals surface area contributed by atoms with Gasteiger partial charge in [0, 0.05) is 12.6 Å². The molecule has 0 saturated carbocycles. The van der Waals surface area contributed by atoms with Crippen LogP contribution >= 0.6 is 0 Å². The first kappa shape index (κ1) is 11.2. The van der Waals surface area contributed by atoms with Crippen molar-refractivity contribution in [2.45, 2.75) is 44.7 Å². The molecular weight excluding hydrogens is 208 g/mol. The molecule has 0 bridgehead atoms. The number of hydrogen-bond donors (Lipinski definition) is 2. The first-order valence-corrected chi connectivity index (χ1v) is 6.89. The van der Waals surface area contributed by atoms with Crippen molar-refractivity contribution in [2.24, 2.45) is 0 Å². The third kappa shape index (κ3) is 2.24. The first-order chi connectivity index (χ1) is 8.34. The summed E-state index contributed by atoms with van der Waals surface area (Å²) in [6.45, 7) is 5.69. The summed E-state index contributed by atoms with van der Waals surface area (Å²) in [5, 5.41) is 7.02. The zero-order valence-corrected chi connectivity index (χ0v) is 10.6. The number of piperidine rings is 1. The van der Waals surface area contributed by atoms with Gasteiger partial charge in [0.15, 0.2) is 0 Å². The number of rotatable bonds is 1. The standard InChI is InChI=1S/C15H22N2/c1-11-9-12(5-8-17-11)14-4-2-3-13-10-16-7-6-15(13)14/h2-4,11-12,16-17H,5-10H2,1H3. The van der Waals surface area contributed by atoms with Crippen LogP contribution in [0.3, 0.4) is 0 Å². The Morgan fingerprint density at radius 1 is 1.24 bits per heavy atom. The second-order valence-electron chi connectivity index (χ2n) is 5.49. The van der Waals surface area contributed by atoms with Crippen LogP contribution in [0, 0.1) is 0 Å². The molecule has 0 amide bonds. The fourth-order valence-corrected chi connectivity index (χ4v) is 3.36. The lowest BCUT2D eigenvalue weighted by Gasteiger charge is -2.31. The van der Waals surface area contributed by atoms with Crippen molar-refractivity contribution in [3.8, 4) is 0 Å². The van der Waals surface area contributed by atoms with Crippen LogP contribution in [0.25, 0.3) is 0 Å². The minimum Gasteiger partial charge on any atom is -0.314 e. The monoisotopic (exact) mass is 230 g/mol. The number of nitrogens with one attached hydrogen (secondary N) is 2. The summed E-state index contributed by atoms with van der Waals surface area (Å²) in [5.41, 5.74) is 4.81. The van der Waals surface area contributed by atoms with Crippen LogP contribution in [-0.2, 0) is 13.0 Å². The van der Waals surface area contributed by atoms with Crippen LogP contribution in [0.4, 0.5) is 0 Å². The van der Waals surface area contributed by atoms with E-state index in [1.165, 1.54) is 31.4 Å². The maximum Gasteiger partial charge on any atom is 0.0208 e. The molecule has 0 spiro atoms. The Balaban J connectivity index is 1.91. The van der Waals surface area contributed by atoms with Gasteiger partial charge in [0.05, 0.1) is 0 Å². The summed E-state index contributed by atoms with van der Waals surface area (Å²) in [5.74, 6) is 0.777. The van der Waals surface area contributed by atoms with Gasteiger partial charge in [-0.2, -0.15) is 0 Å². The van der Waals surface area contributed by atoms with Gasteiger partial charge in [0.25, 0.3) is 0 Å². The average molecular weight is 230 g/mol. The molecule has 2 unspecified atom stereocenters. The third-order valence-electron chi connectivity index (χ3n) is 4.24. The topological polar surface area (TPSA) is 24.1 Å². The zero-order valence-electron chi connectivity index (χ0n) is 10.6. The van der Waals surface area contributed by atoms with E-state index in [0.29, 0.717) is 6.04 Å². The number of fused-ring (bicyclic) bond motifs is 1. The Bertz CT molecular complexity index is 400. The van der Waals surface area contributed by atoms with E-state index in [9.17, 15) is 0 Å². The minimum absolute atomic E-state index is 0.673. The van der Waals surface area contributed by atoms with Crippen molar-refractivity contribution >= 4 is 0 Å². The van der Waals surface area contributed by atoms with Crippen molar-refractivity contribution in [1.29, 1.82) is 0 Å². The highest BCUT2D eigenvalue weighted by Gasteiger charge is 2.23. The molecule has 92 valence electrons. The fourth-order valence-electron chi connectivity index (χ4n) is 3.36. The van der Waals surface area contributed by atoms with Gasteiger partial charge in [-0.3, -0.25) is 0 Å². The van der Waals surface area contributed by atoms with E-state index in [-0.39, 0.29) is 0 Å². The summed E-state index contributed by atoms with van der Waals surface area (Å²) in [6, 6.07) is 7.57. The Labute approximate surface area is 104 Å². The molecular formula is C15H22N2. The van der Waals surface area contributed by atoms with E-state index in [0.717, 1.165) is 19.0 Å². The van der Waals surface area contributed by atoms with E-state index in [2.05, 4.69) is 35.8 Å². The van der Waals surface area contributed by atoms with Gasteiger partial charge in [0.2, 0.25) is 0 Å². The molecule has 2 heteroatoms. The van der Waals surface area contributed by atoms with Crippen LogP contribution in [0.15, 0.2) is 18.2 Å². The molecule has 2 aliphatic heterocycles. The van der Waals surface area contributed by atoms with Gasteiger partial charge >= 0.3 is 0 Å². The van der Waals surface area contributed by atoms with Crippen LogP contribution in [0.2, 0.25) is 0 Å². The van der Waals surface area contributed by atoms with E-state index in [4.69, 9.17) is 0 Å². The molecule has 3 rings (SSSR count). The van der Waals surface area contributed by atoms with E-state index < -0.39 is 0 Å². The SMILES string of the molecule is CC1CC(c2cccc3c2CCNC3)CCN1. The largest absolute Gasteiger partial charge is 0.314 e. The Kier molecular flexibility index (Phi) is 3.17. The third-order valence-corrected chi connectivity index (χ3v) is 4.24. The quantitative estimate of drug-likeness (QED) is 0.773. The van der Waals surface area contributed by atoms with Crippen molar-refractivity contribution < 1.29 is 0 Å². The molecule has 2 atom stereocenters. The number of benzene rings is 1. The van der Waals surface area contributed by atoms with Crippen molar-refractivity contribution in [3.63, 3.8) is 0 Å². The van der Waals surface area contributed by atoms with Gasteiger partial charge in [-0.15, -0.1) is 0 Å². The van der Waals surface area contributed by atoms with Crippen LogP contribution in [0.5, 0.6) is 0 Å². The Morgan fingerprint density at radius 3 is 3.06 bits per heavy atom. The summed E-state index contributed by atoms with van der Waals surface area (Å²) < 4.78 is 0. The summed E-state index contributed by atoms with van der Waals surface area (Å²) >= 11 is 0. The Hall–Kier alpha value is -0.860.